The summed E-state index contributed by atoms with van der Waals surface area (Å²) >= 11 is 2.02. The summed E-state index contributed by atoms with van der Waals surface area (Å²) in [6, 6.07) is 0.543. The third-order valence-electron chi connectivity index (χ3n) is 3.15. The fourth-order valence-electron chi connectivity index (χ4n) is 2.24. The second kappa shape index (κ2) is 5.67. The molecule has 5 heteroatoms. The molecule has 1 aliphatic rings. The van der Waals surface area contributed by atoms with Gasteiger partial charge in [0.15, 0.2) is 0 Å². The van der Waals surface area contributed by atoms with Gasteiger partial charge in [-0.1, -0.05) is 13.3 Å². The molecule has 1 aromatic heterocycles. The van der Waals surface area contributed by atoms with Crippen molar-refractivity contribution in [3.05, 3.63) is 5.69 Å². The van der Waals surface area contributed by atoms with E-state index in [-0.39, 0.29) is 0 Å². The molecular weight excluding hydrogens is 232 g/mol. The smallest absolute Gasteiger partial charge is 0.148 e. The van der Waals surface area contributed by atoms with Crippen molar-refractivity contribution in [3.63, 3.8) is 0 Å². The van der Waals surface area contributed by atoms with E-state index in [9.17, 15) is 0 Å². The van der Waals surface area contributed by atoms with E-state index < -0.39 is 0 Å². The van der Waals surface area contributed by atoms with Gasteiger partial charge in [0.25, 0.3) is 0 Å². The predicted octanol–water partition coefficient (Wildman–Crippen LogP) is 2.26. The molecule has 17 heavy (non-hydrogen) atoms. The number of hydrogen-bond donors (Lipinski definition) is 2. The van der Waals surface area contributed by atoms with E-state index in [0.29, 0.717) is 6.04 Å². The predicted molar refractivity (Wildman–Crippen MR) is 75.6 cm³/mol. The number of aromatic nitrogens is 2. The molecule has 1 saturated heterocycles. The van der Waals surface area contributed by atoms with Gasteiger partial charge in [-0.05, 0) is 25.0 Å². The van der Waals surface area contributed by atoms with Crippen molar-refractivity contribution in [2.24, 2.45) is 7.05 Å². The lowest BCUT2D eigenvalue weighted by atomic mass is 10.2. The first-order valence-corrected chi connectivity index (χ1v) is 7.53. The lowest BCUT2D eigenvalue weighted by Crippen LogP contribution is -2.27. The van der Waals surface area contributed by atoms with Crippen molar-refractivity contribution >= 4 is 23.3 Å². The summed E-state index contributed by atoms with van der Waals surface area (Å²) in [5, 5.41) is 8.04. The molecule has 0 radical (unpaired) electrons. The summed E-state index contributed by atoms with van der Waals surface area (Å²) in [6.07, 6.45) is 4.57. The molecule has 4 nitrogen and oxygen atoms in total. The van der Waals surface area contributed by atoms with E-state index in [4.69, 9.17) is 5.73 Å². The molecule has 2 rings (SSSR count). The standard InChI is InChI=1S/C12H22N4S/c1-3-5-10-11(13)12(16(2)15-10)14-9-6-4-7-17-8-9/h9,14H,3-8,13H2,1-2H3. The number of nitrogens with one attached hydrogen (secondary N) is 1. The summed E-state index contributed by atoms with van der Waals surface area (Å²) < 4.78 is 1.89. The largest absolute Gasteiger partial charge is 0.394 e. The highest BCUT2D eigenvalue weighted by Gasteiger charge is 2.18. The lowest BCUT2D eigenvalue weighted by molar-refractivity contribution is 0.665. The van der Waals surface area contributed by atoms with Crippen molar-refractivity contribution in [2.75, 3.05) is 22.6 Å². The first kappa shape index (κ1) is 12.6. The maximum absolute atomic E-state index is 6.15. The quantitative estimate of drug-likeness (QED) is 0.865. The topological polar surface area (TPSA) is 55.9 Å². The number of nitrogen functional groups attached to an aromatic ring is 1. The van der Waals surface area contributed by atoms with Crippen LogP contribution in [0.25, 0.3) is 0 Å². The van der Waals surface area contributed by atoms with E-state index in [1.54, 1.807) is 0 Å². The van der Waals surface area contributed by atoms with Crippen LogP contribution >= 0.6 is 11.8 Å². The molecule has 0 spiro atoms. The van der Waals surface area contributed by atoms with Gasteiger partial charge in [0, 0.05) is 18.8 Å². The normalized spacial score (nSPS) is 20.5. The third kappa shape index (κ3) is 2.89. The van der Waals surface area contributed by atoms with E-state index in [1.165, 1.54) is 24.3 Å². The van der Waals surface area contributed by atoms with Crippen molar-refractivity contribution in [1.29, 1.82) is 0 Å². The van der Waals surface area contributed by atoms with Crippen molar-refractivity contribution < 1.29 is 0 Å². The molecule has 1 unspecified atom stereocenters. The number of nitrogens with two attached hydrogens (primary N) is 1. The molecule has 1 fully saturated rings. The first-order valence-electron chi connectivity index (χ1n) is 6.38. The van der Waals surface area contributed by atoms with Crippen molar-refractivity contribution in [1.82, 2.24) is 9.78 Å². The van der Waals surface area contributed by atoms with Crippen LogP contribution in [0.1, 0.15) is 31.9 Å². The summed E-state index contributed by atoms with van der Waals surface area (Å²) in [5.74, 6) is 3.47. The molecule has 0 bridgehead atoms. The molecular formula is C12H22N4S. The Balaban J connectivity index is 2.08. The number of nitrogens with zero attached hydrogens (tertiary/aromatic N) is 2. The van der Waals surface area contributed by atoms with Crippen LogP contribution in [0, 0.1) is 0 Å². The Morgan fingerprint density at radius 1 is 1.59 bits per heavy atom. The van der Waals surface area contributed by atoms with Crippen LogP contribution in [-0.4, -0.2) is 27.3 Å². The van der Waals surface area contributed by atoms with E-state index in [0.717, 1.165) is 30.0 Å². The van der Waals surface area contributed by atoms with Crippen molar-refractivity contribution in [2.45, 2.75) is 38.6 Å². The van der Waals surface area contributed by atoms with Gasteiger partial charge in [0.05, 0.1) is 11.4 Å². The van der Waals surface area contributed by atoms with Gasteiger partial charge in [0.1, 0.15) is 5.82 Å². The summed E-state index contributed by atoms with van der Waals surface area (Å²) in [4.78, 5) is 0. The van der Waals surface area contributed by atoms with Gasteiger partial charge in [-0.25, -0.2) is 0 Å². The highest BCUT2D eigenvalue weighted by Crippen LogP contribution is 2.27. The minimum Gasteiger partial charge on any atom is -0.394 e. The van der Waals surface area contributed by atoms with Crippen LogP contribution in [0.3, 0.4) is 0 Å². The second-order valence-electron chi connectivity index (χ2n) is 4.64. The molecule has 0 aliphatic carbocycles. The summed E-state index contributed by atoms with van der Waals surface area (Å²) in [6.45, 7) is 2.15. The molecule has 2 heterocycles. The number of rotatable bonds is 4. The van der Waals surface area contributed by atoms with Crippen LogP contribution in [0.5, 0.6) is 0 Å². The monoisotopic (exact) mass is 254 g/mol. The fraction of sp³-hybridized carbons (Fsp3) is 0.750. The zero-order valence-electron chi connectivity index (χ0n) is 10.7. The number of anilines is 2. The van der Waals surface area contributed by atoms with Crippen LogP contribution < -0.4 is 11.1 Å². The average molecular weight is 254 g/mol. The molecule has 0 amide bonds. The number of hydrogen-bond acceptors (Lipinski definition) is 4. The molecule has 3 N–H and O–H groups in total. The molecule has 0 saturated carbocycles. The SMILES string of the molecule is CCCc1nn(C)c(NC2CCCSC2)c1N. The maximum atomic E-state index is 6.15. The zero-order valence-corrected chi connectivity index (χ0v) is 11.5. The Kier molecular flexibility index (Phi) is 4.20. The molecule has 1 aliphatic heterocycles. The van der Waals surface area contributed by atoms with Crippen molar-refractivity contribution in [3.8, 4) is 0 Å². The minimum atomic E-state index is 0.543. The number of aryl methyl sites for hydroxylation is 2. The van der Waals surface area contributed by atoms with E-state index in [2.05, 4.69) is 17.3 Å². The second-order valence-corrected chi connectivity index (χ2v) is 5.79. The number of thioether (sulfide) groups is 1. The van der Waals surface area contributed by atoms with Gasteiger partial charge in [-0.3, -0.25) is 4.68 Å². The Morgan fingerprint density at radius 2 is 2.41 bits per heavy atom. The first-order chi connectivity index (χ1) is 8.22. The van der Waals surface area contributed by atoms with Crippen LogP contribution in [-0.2, 0) is 13.5 Å². The zero-order chi connectivity index (χ0) is 12.3. The van der Waals surface area contributed by atoms with Gasteiger partial charge in [-0.15, -0.1) is 0 Å². The summed E-state index contributed by atoms with van der Waals surface area (Å²) in [7, 11) is 1.97. The Hall–Kier alpha value is -0.840. The molecule has 1 atom stereocenters. The molecule has 0 aromatic carbocycles. The average Bonchev–Trinajstić information content (AvgIpc) is 2.59. The van der Waals surface area contributed by atoms with E-state index >= 15 is 0 Å². The van der Waals surface area contributed by atoms with Crippen LogP contribution in [0.4, 0.5) is 11.5 Å². The fourth-order valence-corrected chi connectivity index (χ4v) is 3.31. The van der Waals surface area contributed by atoms with Gasteiger partial charge in [-0.2, -0.15) is 16.9 Å². The Labute approximate surface area is 107 Å². The maximum Gasteiger partial charge on any atom is 0.148 e. The third-order valence-corrected chi connectivity index (χ3v) is 4.36. The summed E-state index contributed by atoms with van der Waals surface area (Å²) in [5.41, 5.74) is 8.02. The van der Waals surface area contributed by atoms with E-state index in [1.807, 2.05) is 23.5 Å². The van der Waals surface area contributed by atoms with Gasteiger partial charge < -0.3 is 11.1 Å². The van der Waals surface area contributed by atoms with Gasteiger partial charge in [0.2, 0.25) is 0 Å². The lowest BCUT2D eigenvalue weighted by Gasteiger charge is -2.23. The Morgan fingerprint density at radius 3 is 3.06 bits per heavy atom. The van der Waals surface area contributed by atoms with Crippen LogP contribution in [0.15, 0.2) is 0 Å². The molecule has 1 aromatic rings. The Bertz CT molecular complexity index is 369. The van der Waals surface area contributed by atoms with Crippen LogP contribution in [0.2, 0.25) is 0 Å². The molecule has 96 valence electrons. The highest BCUT2D eigenvalue weighted by atomic mass is 32.2. The van der Waals surface area contributed by atoms with Gasteiger partial charge >= 0.3 is 0 Å². The highest BCUT2D eigenvalue weighted by molar-refractivity contribution is 7.99. The minimum absolute atomic E-state index is 0.543.